The second kappa shape index (κ2) is 5.80. The second-order valence-corrected chi connectivity index (χ2v) is 5.21. The fourth-order valence-corrected chi connectivity index (χ4v) is 2.31. The molecule has 0 amide bonds. The summed E-state index contributed by atoms with van der Waals surface area (Å²) >= 11 is 11.8. The van der Waals surface area contributed by atoms with Crippen molar-refractivity contribution in [1.29, 1.82) is 0 Å². The van der Waals surface area contributed by atoms with Crippen molar-refractivity contribution >= 4 is 23.2 Å². The Labute approximate surface area is 131 Å². The molecule has 3 aromatic rings. The molecule has 1 aromatic heterocycles. The molecule has 0 aliphatic rings. The average Bonchev–Trinajstić information content (AvgIpc) is 2.47. The van der Waals surface area contributed by atoms with Crippen LogP contribution in [-0.2, 0) is 0 Å². The molecule has 0 saturated carbocycles. The lowest BCUT2D eigenvalue weighted by molar-refractivity contribution is 0.631. The third-order valence-electron chi connectivity index (χ3n) is 2.93. The Hall–Kier alpha value is -1.97. The highest BCUT2D eigenvalue weighted by Crippen LogP contribution is 2.27. The van der Waals surface area contributed by atoms with Crippen molar-refractivity contribution in [2.45, 2.75) is 0 Å². The minimum absolute atomic E-state index is 0.258. The summed E-state index contributed by atoms with van der Waals surface area (Å²) in [6, 6.07) is 15.3. The highest BCUT2D eigenvalue weighted by Gasteiger charge is 2.11. The zero-order chi connectivity index (χ0) is 14.8. The van der Waals surface area contributed by atoms with Gasteiger partial charge in [-0.25, -0.2) is 14.4 Å². The van der Waals surface area contributed by atoms with Gasteiger partial charge in [0.25, 0.3) is 0 Å². The minimum Gasteiger partial charge on any atom is -0.228 e. The van der Waals surface area contributed by atoms with Crippen LogP contribution in [0.5, 0.6) is 0 Å². The van der Waals surface area contributed by atoms with Crippen LogP contribution in [-0.4, -0.2) is 9.97 Å². The van der Waals surface area contributed by atoms with Crippen molar-refractivity contribution in [2.75, 3.05) is 0 Å². The maximum Gasteiger partial charge on any atom is 0.161 e. The number of halogens is 3. The molecule has 0 bridgehead atoms. The van der Waals surface area contributed by atoms with Crippen LogP contribution in [0.25, 0.3) is 22.6 Å². The van der Waals surface area contributed by atoms with Crippen molar-refractivity contribution in [3.63, 3.8) is 0 Å². The lowest BCUT2D eigenvalue weighted by Gasteiger charge is -2.07. The molecule has 0 atom stereocenters. The van der Waals surface area contributed by atoms with E-state index in [2.05, 4.69) is 9.97 Å². The molecule has 3 rings (SSSR count). The fraction of sp³-hybridized carbons (Fsp3) is 0. The van der Waals surface area contributed by atoms with Gasteiger partial charge in [0.1, 0.15) is 11.0 Å². The smallest absolute Gasteiger partial charge is 0.161 e. The molecule has 0 unspecified atom stereocenters. The monoisotopic (exact) mass is 318 g/mol. The van der Waals surface area contributed by atoms with E-state index in [4.69, 9.17) is 23.2 Å². The van der Waals surface area contributed by atoms with Crippen molar-refractivity contribution in [1.82, 2.24) is 9.97 Å². The summed E-state index contributed by atoms with van der Waals surface area (Å²) in [4.78, 5) is 8.57. The first kappa shape index (κ1) is 14.0. The summed E-state index contributed by atoms with van der Waals surface area (Å²) in [6.07, 6.45) is 0. The number of nitrogens with zero attached hydrogens (tertiary/aromatic N) is 2. The van der Waals surface area contributed by atoms with Crippen molar-refractivity contribution in [3.05, 3.63) is 70.6 Å². The summed E-state index contributed by atoms with van der Waals surface area (Å²) in [7, 11) is 0. The summed E-state index contributed by atoms with van der Waals surface area (Å²) in [5.41, 5.74) is 1.57. The van der Waals surface area contributed by atoms with Gasteiger partial charge in [0.15, 0.2) is 5.82 Å². The molecule has 1 heterocycles. The molecule has 2 nitrogen and oxygen atoms in total. The maximum absolute atomic E-state index is 14.0. The van der Waals surface area contributed by atoms with E-state index in [1.165, 1.54) is 12.1 Å². The number of aromatic nitrogens is 2. The SMILES string of the molecule is Fc1cc(Cl)ccc1-c1cc(Cl)nc(-c2ccccc2)n1. The average molecular weight is 319 g/mol. The van der Waals surface area contributed by atoms with Crippen LogP contribution in [0.15, 0.2) is 54.6 Å². The quantitative estimate of drug-likeness (QED) is 0.602. The second-order valence-electron chi connectivity index (χ2n) is 4.39. The van der Waals surface area contributed by atoms with Gasteiger partial charge in [0, 0.05) is 22.2 Å². The standard InChI is InChI=1S/C16H9Cl2FN2/c17-11-6-7-12(13(19)8-11)14-9-15(18)21-16(20-14)10-4-2-1-3-5-10/h1-9H. The first-order valence-corrected chi connectivity index (χ1v) is 6.94. The van der Waals surface area contributed by atoms with Gasteiger partial charge in [-0.1, -0.05) is 53.5 Å². The molecule has 0 fully saturated rings. The van der Waals surface area contributed by atoms with Crippen molar-refractivity contribution in [3.8, 4) is 22.6 Å². The lowest BCUT2D eigenvalue weighted by Crippen LogP contribution is -1.94. The Balaban J connectivity index is 2.14. The highest BCUT2D eigenvalue weighted by molar-refractivity contribution is 6.30. The van der Waals surface area contributed by atoms with Gasteiger partial charge in [0.05, 0.1) is 5.69 Å². The normalized spacial score (nSPS) is 10.6. The third kappa shape index (κ3) is 3.04. The predicted octanol–water partition coefficient (Wildman–Crippen LogP) is 5.26. The Bertz CT molecular complexity index is 792. The fourth-order valence-electron chi connectivity index (χ4n) is 1.97. The molecular formula is C16H9Cl2FN2. The molecule has 2 aromatic carbocycles. The Morgan fingerprint density at radius 3 is 2.33 bits per heavy atom. The molecule has 0 spiro atoms. The Morgan fingerprint density at radius 2 is 1.62 bits per heavy atom. The molecular weight excluding hydrogens is 310 g/mol. The van der Waals surface area contributed by atoms with E-state index in [1.807, 2.05) is 30.3 Å². The largest absolute Gasteiger partial charge is 0.228 e. The van der Waals surface area contributed by atoms with E-state index >= 15 is 0 Å². The Morgan fingerprint density at radius 1 is 0.857 bits per heavy atom. The number of hydrogen-bond acceptors (Lipinski definition) is 2. The molecule has 0 N–H and O–H groups in total. The van der Waals surface area contributed by atoms with E-state index in [1.54, 1.807) is 12.1 Å². The van der Waals surface area contributed by atoms with Gasteiger partial charge in [-0.05, 0) is 18.2 Å². The summed E-state index contributed by atoms with van der Waals surface area (Å²) in [6.45, 7) is 0. The molecule has 0 aliphatic heterocycles. The zero-order valence-corrected chi connectivity index (χ0v) is 12.2. The predicted molar refractivity (Wildman–Crippen MR) is 82.9 cm³/mol. The van der Waals surface area contributed by atoms with Crippen LogP contribution in [0.4, 0.5) is 4.39 Å². The van der Waals surface area contributed by atoms with Crippen molar-refractivity contribution < 1.29 is 4.39 Å². The van der Waals surface area contributed by atoms with Gasteiger partial charge in [-0.3, -0.25) is 0 Å². The number of rotatable bonds is 2. The first-order valence-electron chi connectivity index (χ1n) is 6.19. The molecule has 5 heteroatoms. The summed E-state index contributed by atoms with van der Waals surface area (Å²) < 4.78 is 14.0. The third-order valence-corrected chi connectivity index (χ3v) is 3.36. The Kier molecular flexibility index (Phi) is 3.86. The first-order chi connectivity index (χ1) is 10.1. The van der Waals surface area contributed by atoms with Gasteiger partial charge in [-0.15, -0.1) is 0 Å². The maximum atomic E-state index is 14.0. The van der Waals surface area contributed by atoms with Gasteiger partial charge >= 0.3 is 0 Å². The van der Waals surface area contributed by atoms with Crippen LogP contribution >= 0.6 is 23.2 Å². The van der Waals surface area contributed by atoms with E-state index in [0.717, 1.165) is 5.56 Å². The minimum atomic E-state index is -0.448. The molecule has 104 valence electrons. The van der Waals surface area contributed by atoms with Crippen LogP contribution < -0.4 is 0 Å². The molecule has 0 radical (unpaired) electrons. The zero-order valence-electron chi connectivity index (χ0n) is 10.7. The van der Waals surface area contributed by atoms with Crippen LogP contribution in [0.2, 0.25) is 10.2 Å². The van der Waals surface area contributed by atoms with Gasteiger partial charge in [-0.2, -0.15) is 0 Å². The molecule has 21 heavy (non-hydrogen) atoms. The number of benzene rings is 2. The van der Waals surface area contributed by atoms with Crippen LogP contribution in [0.3, 0.4) is 0 Å². The number of hydrogen-bond donors (Lipinski definition) is 0. The van der Waals surface area contributed by atoms with E-state index in [0.29, 0.717) is 22.1 Å². The van der Waals surface area contributed by atoms with Gasteiger partial charge < -0.3 is 0 Å². The lowest BCUT2D eigenvalue weighted by atomic mass is 10.1. The summed E-state index contributed by atoms with van der Waals surface area (Å²) in [5.74, 6) is 0.00345. The van der Waals surface area contributed by atoms with E-state index in [9.17, 15) is 4.39 Å². The van der Waals surface area contributed by atoms with Crippen LogP contribution in [0, 0.1) is 5.82 Å². The summed E-state index contributed by atoms with van der Waals surface area (Å²) in [5, 5.41) is 0.591. The molecule has 0 aliphatic carbocycles. The van der Waals surface area contributed by atoms with E-state index in [-0.39, 0.29) is 5.15 Å². The highest BCUT2D eigenvalue weighted by atomic mass is 35.5. The van der Waals surface area contributed by atoms with E-state index < -0.39 is 5.82 Å². The van der Waals surface area contributed by atoms with Crippen molar-refractivity contribution in [2.24, 2.45) is 0 Å². The van der Waals surface area contributed by atoms with Crippen LogP contribution in [0.1, 0.15) is 0 Å². The van der Waals surface area contributed by atoms with Gasteiger partial charge in [0.2, 0.25) is 0 Å². The topological polar surface area (TPSA) is 25.8 Å². The molecule has 0 saturated heterocycles.